The molecule has 80 valence electrons. The number of hydrogen-bond acceptors (Lipinski definition) is 3. The summed E-state index contributed by atoms with van der Waals surface area (Å²) < 4.78 is 5.47. The quantitative estimate of drug-likeness (QED) is 0.559. The third-order valence-corrected chi connectivity index (χ3v) is 2.25. The van der Waals surface area contributed by atoms with Crippen LogP contribution in [0.1, 0.15) is 23.6 Å². The second-order valence-electron chi connectivity index (χ2n) is 3.38. The second-order valence-corrected chi connectivity index (χ2v) is 3.38. The molecule has 1 rings (SSSR count). The Balaban J connectivity index is 3.01. The van der Waals surface area contributed by atoms with Gasteiger partial charge in [-0.25, -0.2) is 9.79 Å². The van der Waals surface area contributed by atoms with Crippen molar-refractivity contribution >= 4 is 6.08 Å². The Bertz CT molecular complexity index is 393. The van der Waals surface area contributed by atoms with Crippen LogP contribution in [0.25, 0.3) is 0 Å². The van der Waals surface area contributed by atoms with Crippen LogP contribution in [0.2, 0.25) is 0 Å². The van der Waals surface area contributed by atoms with Gasteiger partial charge < -0.3 is 4.74 Å². The Labute approximate surface area is 89.8 Å². The molecule has 0 atom stereocenters. The number of rotatable bonds is 4. The van der Waals surface area contributed by atoms with Gasteiger partial charge in [0.25, 0.3) is 0 Å². The Morgan fingerprint density at radius 1 is 1.33 bits per heavy atom. The zero-order chi connectivity index (χ0) is 11.3. The predicted molar refractivity (Wildman–Crippen MR) is 58.9 cm³/mol. The van der Waals surface area contributed by atoms with Crippen molar-refractivity contribution in [1.29, 1.82) is 0 Å². The molecule has 0 radical (unpaired) electrons. The summed E-state index contributed by atoms with van der Waals surface area (Å²) in [6, 6.07) is 3.98. The molecule has 0 saturated heterocycles. The Morgan fingerprint density at radius 2 is 2.07 bits per heavy atom. The Hall–Kier alpha value is -1.60. The van der Waals surface area contributed by atoms with Crippen LogP contribution in [-0.2, 0) is 11.3 Å². The van der Waals surface area contributed by atoms with E-state index in [4.69, 9.17) is 4.74 Å². The van der Waals surface area contributed by atoms with Gasteiger partial charge in [-0.15, -0.1) is 0 Å². The molecule has 0 aliphatic carbocycles. The Morgan fingerprint density at radius 3 is 2.67 bits per heavy atom. The van der Waals surface area contributed by atoms with Gasteiger partial charge in [0.2, 0.25) is 6.08 Å². The maximum Gasteiger partial charge on any atom is 0.235 e. The van der Waals surface area contributed by atoms with Crippen LogP contribution in [0.5, 0.6) is 5.75 Å². The lowest BCUT2D eigenvalue weighted by Crippen LogP contribution is -1.97. The minimum Gasteiger partial charge on any atom is -0.494 e. The molecule has 3 nitrogen and oxygen atoms in total. The normalized spacial score (nSPS) is 9.53. The molecular formula is C12H15NO2. The molecule has 0 aliphatic rings. The van der Waals surface area contributed by atoms with Crippen LogP contribution in [0, 0.1) is 13.8 Å². The third kappa shape index (κ3) is 2.93. The van der Waals surface area contributed by atoms with Crippen molar-refractivity contribution in [2.24, 2.45) is 4.99 Å². The van der Waals surface area contributed by atoms with Gasteiger partial charge in [0.05, 0.1) is 13.2 Å². The van der Waals surface area contributed by atoms with Crippen molar-refractivity contribution in [3.8, 4) is 5.75 Å². The van der Waals surface area contributed by atoms with E-state index in [-0.39, 0.29) is 0 Å². The highest BCUT2D eigenvalue weighted by molar-refractivity contribution is 5.42. The van der Waals surface area contributed by atoms with Crippen molar-refractivity contribution in [1.82, 2.24) is 0 Å². The average Bonchev–Trinajstić information content (AvgIpc) is 2.21. The molecule has 0 aliphatic heterocycles. The first kappa shape index (κ1) is 11.5. The highest BCUT2D eigenvalue weighted by atomic mass is 16.5. The summed E-state index contributed by atoms with van der Waals surface area (Å²) in [5.74, 6) is 0.897. The molecule has 1 aromatic rings. The zero-order valence-electron chi connectivity index (χ0n) is 9.33. The zero-order valence-corrected chi connectivity index (χ0v) is 9.33. The fourth-order valence-corrected chi connectivity index (χ4v) is 1.45. The summed E-state index contributed by atoms with van der Waals surface area (Å²) in [6.45, 7) is 6.98. The topological polar surface area (TPSA) is 38.7 Å². The number of nitrogens with zero attached hydrogens (tertiary/aromatic N) is 1. The minimum absolute atomic E-state index is 0.391. The summed E-state index contributed by atoms with van der Waals surface area (Å²) in [5, 5.41) is 0. The molecule has 15 heavy (non-hydrogen) atoms. The Kier molecular flexibility index (Phi) is 4.07. The van der Waals surface area contributed by atoms with Crippen LogP contribution < -0.4 is 4.74 Å². The molecule has 0 N–H and O–H groups in total. The highest BCUT2D eigenvalue weighted by Gasteiger charge is 2.04. The van der Waals surface area contributed by atoms with Gasteiger partial charge in [0.15, 0.2) is 0 Å². The van der Waals surface area contributed by atoms with E-state index in [1.54, 1.807) is 6.08 Å². The summed E-state index contributed by atoms with van der Waals surface area (Å²) >= 11 is 0. The van der Waals surface area contributed by atoms with Crippen molar-refractivity contribution in [3.63, 3.8) is 0 Å². The van der Waals surface area contributed by atoms with Crippen LogP contribution in [0.4, 0.5) is 0 Å². The minimum atomic E-state index is 0.391. The molecule has 0 fully saturated rings. The number of aliphatic imine (C=N–C) groups is 1. The van der Waals surface area contributed by atoms with E-state index in [9.17, 15) is 4.79 Å². The molecular weight excluding hydrogens is 190 g/mol. The van der Waals surface area contributed by atoms with E-state index in [0.717, 1.165) is 22.4 Å². The van der Waals surface area contributed by atoms with Crippen LogP contribution in [0.15, 0.2) is 17.1 Å². The molecule has 0 unspecified atom stereocenters. The maximum absolute atomic E-state index is 10.0. The fraction of sp³-hybridized carbons (Fsp3) is 0.417. The van der Waals surface area contributed by atoms with Gasteiger partial charge >= 0.3 is 0 Å². The highest BCUT2D eigenvalue weighted by Crippen LogP contribution is 2.23. The van der Waals surface area contributed by atoms with E-state index in [2.05, 4.69) is 4.99 Å². The third-order valence-electron chi connectivity index (χ3n) is 2.25. The monoisotopic (exact) mass is 205 g/mol. The van der Waals surface area contributed by atoms with Crippen LogP contribution >= 0.6 is 0 Å². The number of ether oxygens (including phenoxy) is 1. The lowest BCUT2D eigenvalue weighted by molar-refractivity contribution is 0.337. The molecule has 0 amide bonds. The standard InChI is InChI=1S/C12H15NO2/c1-4-15-12-6-9(2)11(5-10(12)3)7-13-8-14/h5-6H,4,7H2,1-3H3. The lowest BCUT2D eigenvalue weighted by atomic mass is 10.0. The van der Waals surface area contributed by atoms with Crippen molar-refractivity contribution in [2.45, 2.75) is 27.3 Å². The molecule has 0 bridgehead atoms. The van der Waals surface area contributed by atoms with E-state index >= 15 is 0 Å². The average molecular weight is 205 g/mol. The first-order valence-corrected chi connectivity index (χ1v) is 4.95. The van der Waals surface area contributed by atoms with Gasteiger partial charge in [0.1, 0.15) is 5.75 Å². The lowest BCUT2D eigenvalue weighted by Gasteiger charge is -2.10. The number of hydrogen-bond donors (Lipinski definition) is 0. The van der Waals surface area contributed by atoms with Gasteiger partial charge in [-0.2, -0.15) is 0 Å². The molecule has 0 aromatic heterocycles. The van der Waals surface area contributed by atoms with E-state index in [1.165, 1.54) is 0 Å². The van der Waals surface area contributed by atoms with Crippen LogP contribution in [-0.4, -0.2) is 12.7 Å². The van der Waals surface area contributed by atoms with Gasteiger partial charge in [0, 0.05) is 0 Å². The fourth-order valence-electron chi connectivity index (χ4n) is 1.45. The molecule has 0 saturated carbocycles. The maximum atomic E-state index is 10.0. The number of carbonyl (C=O) groups excluding carboxylic acids is 1. The number of benzene rings is 1. The van der Waals surface area contributed by atoms with E-state index in [0.29, 0.717) is 13.2 Å². The SMILES string of the molecule is CCOc1cc(C)c(CN=C=O)cc1C. The van der Waals surface area contributed by atoms with Crippen molar-refractivity contribution in [3.05, 3.63) is 28.8 Å². The van der Waals surface area contributed by atoms with Gasteiger partial charge in [-0.3, -0.25) is 0 Å². The summed E-state index contributed by atoms with van der Waals surface area (Å²) in [7, 11) is 0. The molecule has 0 spiro atoms. The predicted octanol–water partition coefficient (Wildman–Crippen LogP) is 2.54. The first-order valence-electron chi connectivity index (χ1n) is 4.95. The first-order chi connectivity index (χ1) is 7.19. The molecule has 0 heterocycles. The summed E-state index contributed by atoms with van der Waals surface area (Å²) in [4.78, 5) is 13.6. The van der Waals surface area contributed by atoms with Crippen molar-refractivity contribution < 1.29 is 9.53 Å². The smallest absolute Gasteiger partial charge is 0.235 e. The summed E-state index contributed by atoms with van der Waals surface area (Å²) in [6.07, 6.45) is 1.55. The number of isocyanates is 1. The van der Waals surface area contributed by atoms with E-state index < -0.39 is 0 Å². The van der Waals surface area contributed by atoms with Crippen molar-refractivity contribution in [2.75, 3.05) is 6.61 Å². The molecule has 3 heteroatoms. The largest absolute Gasteiger partial charge is 0.494 e. The summed E-state index contributed by atoms with van der Waals surface area (Å²) in [5.41, 5.74) is 3.20. The van der Waals surface area contributed by atoms with Gasteiger partial charge in [-0.1, -0.05) is 6.07 Å². The second kappa shape index (κ2) is 5.32. The van der Waals surface area contributed by atoms with E-state index in [1.807, 2.05) is 32.9 Å². The number of aryl methyl sites for hydroxylation is 2. The van der Waals surface area contributed by atoms with Gasteiger partial charge in [-0.05, 0) is 43.5 Å². The molecule has 1 aromatic carbocycles. The van der Waals surface area contributed by atoms with Crippen LogP contribution in [0.3, 0.4) is 0 Å².